The van der Waals surface area contributed by atoms with Gasteiger partial charge in [-0.1, -0.05) is 18.2 Å². The number of benzene rings is 1. The van der Waals surface area contributed by atoms with Gasteiger partial charge in [-0.05, 0) is 31.2 Å². The predicted molar refractivity (Wildman–Crippen MR) is 81.1 cm³/mol. The third-order valence-corrected chi connectivity index (χ3v) is 3.28. The van der Waals surface area contributed by atoms with Crippen molar-refractivity contribution >= 4 is 17.1 Å². The average molecular weight is 280 g/mol. The van der Waals surface area contributed by atoms with Gasteiger partial charge in [0.25, 0.3) is 0 Å². The number of hydrogen-bond acceptors (Lipinski definition) is 3. The lowest BCUT2D eigenvalue weighted by atomic mass is 10.2. The summed E-state index contributed by atoms with van der Waals surface area (Å²) in [5, 5.41) is 2.88. The second-order valence-electron chi connectivity index (χ2n) is 4.91. The maximum absolute atomic E-state index is 11.3. The van der Waals surface area contributed by atoms with Crippen LogP contribution in [0, 0.1) is 0 Å². The first kappa shape index (κ1) is 13.3. The topological polar surface area (TPSA) is 59.8 Å². The molecular formula is C16H16N4O. The van der Waals surface area contributed by atoms with Crippen molar-refractivity contribution < 1.29 is 4.79 Å². The lowest BCUT2D eigenvalue weighted by Gasteiger charge is -2.15. The summed E-state index contributed by atoms with van der Waals surface area (Å²) in [7, 11) is 0. The van der Waals surface area contributed by atoms with E-state index in [2.05, 4.69) is 15.3 Å². The lowest BCUT2D eigenvalue weighted by Crippen LogP contribution is -2.26. The molecule has 5 nitrogen and oxygen atoms in total. The van der Waals surface area contributed by atoms with Crippen LogP contribution >= 0.6 is 0 Å². The zero-order valence-corrected chi connectivity index (χ0v) is 11.9. The van der Waals surface area contributed by atoms with Gasteiger partial charge in [0.15, 0.2) is 5.65 Å². The summed E-state index contributed by atoms with van der Waals surface area (Å²) in [6, 6.07) is 13.6. The van der Waals surface area contributed by atoms with Crippen LogP contribution in [0.3, 0.4) is 0 Å². The van der Waals surface area contributed by atoms with Crippen molar-refractivity contribution in [3.63, 3.8) is 0 Å². The molecule has 0 saturated carbocycles. The van der Waals surface area contributed by atoms with Crippen molar-refractivity contribution in [1.82, 2.24) is 19.9 Å². The number of nitrogens with one attached hydrogen (secondary N) is 1. The number of nitrogens with zero attached hydrogens (tertiary/aromatic N) is 3. The van der Waals surface area contributed by atoms with Gasteiger partial charge in [-0.2, -0.15) is 0 Å². The number of carbonyl (C=O) groups excluding carboxylic acids is 1. The minimum Gasteiger partial charge on any atom is -0.347 e. The van der Waals surface area contributed by atoms with Crippen LogP contribution in [-0.4, -0.2) is 20.4 Å². The van der Waals surface area contributed by atoms with Gasteiger partial charge in [0.2, 0.25) is 5.91 Å². The highest BCUT2D eigenvalue weighted by atomic mass is 16.1. The van der Waals surface area contributed by atoms with E-state index in [-0.39, 0.29) is 11.9 Å². The average Bonchev–Trinajstić information content (AvgIpc) is 2.87. The van der Waals surface area contributed by atoms with Crippen LogP contribution in [0.15, 0.2) is 48.7 Å². The number of amides is 1. The molecule has 0 saturated heterocycles. The number of fused-ring (bicyclic) bond motifs is 1. The molecule has 1 N–H and O–H groups in total. The zero-order chi connectivity index (χ0) is 14.8. The monoisotopic (exact) mass is 280 g/mol. The van der Waals surface area contributed by atoms with E-state index in [1.165, 1.54) is 6.92 Å². The first-order chi connectivity index (χ1) is 10.2. The number of para-hydroxylation sites is 1. The maximum Gasteiger partial charge on any atom is 0.217 e. The molecule has 2 aromatic heterocycles. The summed E-state index contributed by atoms with van der Waals surface area (Å²) in [4.78, 5) is 20.2. The molecule has 1 amide bonds. The number of rotatable bonds is 3. The highest BCUT2D eigenvalue weighted by Crippen LogP contribution is 2.23. The van der Waals surface area contributed by atoms with Crippen molar-refractivity contribution in [2.75, 3.05) is 0 Å². The lowest BCUT2D eigenvalue weighted by molar-refractivity contribution is -0.119. The van der Waals surface area contributed by atoms with Gasteiger partial charge in [0.1, 0.15) is 5.82 Å². The number of carbonyl (C=O) groups is 1. The van der Waals surface area contributed by atoms with Gasteiger partial charge in [-0.3, -0.25) is 9.36 Å². The number of hydrogen-bond donors (Lipinski definition) is 1. The van der Waals surface area contributed by atoms with Crippen LogP contribution in [0.1, 0.15) is 25.7 Å². The molecule has 0 radical (unpaired) electrons. The largest absolute Gasteiger partial charge is 0.347 e. The number of aromatic nitrogens is 3. The van der Waals surface area contributed by atoms with Crippen molar-refractivity contribution in [3.8, 4) is 5.69 Å². The van der Waals surface area contributed by atoms with Gasteiger partial charge < -0.3 is 5.32 Å². The Hall–Kier alpha value is -2.69. The molecule has 2 heterocycles. The Balaban J connectivity index is 2.21. The summed E-state index contributed by atoms with van der Waals surface area (Å²) >= 11 is 0. The van der Waals surface area contributed by atoms with Gasteiger partial charge in [0, 0.05) is 18.8 Å². The van der Waals surface area contributed by atoms with E-state index in [4.69, 9.17) is 0 Å². The highest BCUT2D eigenvalue weighted by molar-refractivity contribution is 5.76. The van der Waals surface area contributed by atoms with Gasteiger partial charge in [0.05, 0.1) is 11.6 Å². The van der Waals surface area contributed by atoms with Gasteiger partial charge in [-0.15, -0.1) is 0 Å². The van der Waals surface area contributed by atoms with Gasteiger partial charge >= 0.3 is 0 Å². The Bertz CT molecular complexity index is 779. The normalized spacial score (nSPS) is 12.3. The van der Waals surface area contributed by atoms with Gasteiger partial charge in [-0.25, -0.2) is 9.97 Å². The predicted octanol–water partition coefficient (Wildman–Crippen LogP) is 2.62. The Morgan fingerprint density at radius 3 is 2.67 bits per heavy atom. The SMILES string of the molecule is CC(=O)N[C@@H](C)c1nc2ncccc2n1-c1ccccc1. The second kappa shape index (κ2) is 5.36. The van der Waals surface area contributed by atoms with Crippen LogP contribution in [0.2, 0.25) is 0 Å². The summed E-state index contributed by atoms with van der Waals surface area (Å²) in [5.41, 5.74) is 2.60. The van der Waals surface area contributed by atoms with Crippen molar-refractivity contribution in [3.05, 3.63) is 54.5 Å². The standard InChI is InChI=1S/C16H16N4O/c1-11(18-12(2)21)16-19-15-14(9-6-10-17-15)20(16)13-7-4-3-5-8-13/h3-11H,1-2H3,(H,18,21)/t11-/m0/s1. The third-order valence-electron chi connectivity index (χ3n) is 3.28. The first-order valence-corrected chi connectivity index (χ1v) is 6.82. The molecule has 106 valence electrons. The highest BCUT2D eigenvalue weighted by Gasteiger charge is 2.18. The fourth-order valence-electron chi connectivity index (χ4n) is 2.44. The van der Waals surface area contributed by atoms with E-state index in [0.717, 1.165) is 17.0 Å². The third kappa shape index (κ3) is 2.50. The molecule has 5 heteroatoms. The minimum atomic E-state index is -0.197. The van der Waals surface area contributed by atoms with Crippen molar-refractivity contribution in [2.24, 2.45) is 0 Å². The minimum absolute atomic E-state index is 0.0814. The maximum atomic E-state index is 11.3. The molecule has 0 aliphatic rings. The van der Waals surface area contributed by atoms with Crippen LogP contribution in [-0.2, 0) is 4.79 Å². The summed E-state index contributed by atoms with van der Waals surface area (Å²) in [6.07, 6.45) is 1.72. The van der Waals surface area contributed by atoms with Crippen LogP contribution in [0.4, 0.5) is 0 Å². The Labute approximate surface area is 122 Å². The van der Waals surface area contributed by atoms with Crippen molar-refractivity contribution in [2.45, 2.75) is 19.9 Å². The molecule has 0 spiro atoms. The molecule has 0 aliphatic carbocycles. The van der Waals surface area contributed by atoms with E-state index >= 15 is 0 Å². The van der Waals surface area contributed by atoms with Crippen LogP contribution < -0.4 is 5.32 Å². The summed E-state index contributed by atoms with van der Waals surface area (Å²) < 4.78 is 2.03. The molecular weight excluding hydrogens is 264 g/mol. The van der Waals surface area contributed by atoms with E-state index in [0.29, 0.717) is 5.65 Å². The summed E-state index contributed by atoms with van der Waals surface area (Å²) in [5.74, 6) is 0.687. The molecule has 3 aromatic rings. The molecule has 0 unspecified atom stereocenters. The number of pyridine rings is 1. The molecule has 3 rings (SSSR count). The van der Waals surface area contributed by atoms with E-state index in [1.54, 1.807) is 6.20 Å². The molecule has 0 aliphatic heterocycles. The molecule has 0 fully saturated rings. The Morgan fingerprint density at radius 1 is 1.19 bits per heavy atom. The first-order valence-electron chi connectivity index (χ1n) is 6.82. The summed E-state index contributed by atoms with van der Waals surface area (Å²) in [6.45, 7) is 3.42. The van der Waals surface area contributed by atoms with Crippen LogP contribution in [0.25, 0.3) is 16.9 Å². The Kier molecular flexibility index (Phi) is 3.39. The molecule has 1 atom stereocenters. The second-order valence-corrected chi connectivity index (χ2v) is 4.91. The van der Waals surface area contributed by atoms with E-state index in [9.17, 15) is 4.79 Å². The van der Waals surface area contributed by atoms with Crippen LogP contribution in [0.5, 0.6) is 0 Å². The van der Waals surface area contributed by atoms with Crippen molar-refractivity contribution in [1.29, 1.82) is 0 Å². The molecule has 0 bridgehead atoms. The smallest absolute Gasteiger partial charge is 0.217 e. The quantitative estimate of drug-likeness (QED) is 0.802. The van der Waals surface area contributed by atoms with E-state index in [1.807, 2.05) is 54.0 Å². The number of imidazole rings is 1. The molecule has 21 heavy (non-hydrogen) atoms. The Morgan fingerprint density at radius 2 is 1.95 bits per heavy atom. The van der Waals surface area contributed by atoms with E-state index < -0.39 is 0 Å². The fourth-order valence-corrected chi connectivity index (χ4v) is 2.44. The molecule has 1 aromatic carbocycles. The fraction of sp³-hybridized carbons (Fsp3) is 0.188. The zero-order valence-electron chi connectivity index (χ0n) is 11.9.